The van der Waals surface area contributed by atoms with Crippen LogP contribution in [0.5, 0.6) is 5.75 Å². The summed E-state index contributed by atoms with van der Waals surface area (Å²) in [6.45, 7) is 1.09. The number of fused-ring (bicyclic) bond motifs is 1. The molecule has 0 aliphatic carbocycles. The Morgan fingerprint density at radius 3 is 2.76 bits per heavy atom. The van der Waals surface area contributed by atoms with Crippen molar-refractivity contribution in [3.05, 3.63) is 29.8 Å². The number of ether oxygens (including phenoxy) is 4. The van der Waals surface area contributed by atoms with Crippen LogP contribution in [0.2, 0.25) is 0 Å². The van der Waals surface area contributed by atoms with Gasteiger partial charge in [0.15, 0.2) is 0 Å². The van der Waals surface area contributed by atoms with Crippen molar-refractivity contribution in [2.24, 2.45) is 0 Å². The van der Waals surface area contributed by atoms with Gasteiger partial charge in [0.05, 0.1) is 32.8 Å². The zero-order valence-corrected chi connectivity index (χ0v) is 12.1. The Balaban J connectivity index is 1.42. The summed E-state index contributed by atoms with van der Waals surface area (Å²) in [6.07, 6.45) is 2.04. The number of esters is 1. The van der Waals surface area contributed by atoms with Crippen LogP contribution in [-0.4, -0.2) is 38.0 Å². The number of carbonyl (C=O) groups is 1. The molecule has 114 valence electrons. The van der Waals surface area contributed by atoms with Crippen LogP contribution in [0.25, 0.3) is 0 Å². The highest BCUT2D eigenvalue weighted by atomic mass is 16.6. The van der Waals surface area contributed by atoms with Gasteiger partial charge in [0.1, 0.15) is 18.0 Å². The molecule has 0 saturated carbocycles. The molecule has 2 saturated heterocycles. The van der Waals surface area contributed by atoms with Gasteiger partial charge >= 0.3 is 5.97 Å². The molecular formula is C16H20O5. The van der Waals surface area contributed by atoms with Gasteiger partial charge in [-0.3, -0.25) is 4.79 Å². The second kappa shape index (κ2) is 6.45. The molecule has 2 aliphatic rings. The van der Waals surface area contributed by atoms with Crippen molar-refractivity contribution in [3.8, 4) is 5.75 Å². The predicted octanol–water partition coefficient (Wildman–Crippen LogP) is 2.07. The van der Waals surface area contributed by atoms with Crippen molar-refractivity contribution in [2.45, 2.75) is 44.2 Å². The summed E-state index contributed by atoms with van der Waals surface area (Å²) in [4.78, 5) is 11.2. The predicted molar refractivity (Wildman–Crippen MR) is 75.0 cm³/mol. The van der Waals surface area contributed by atoms with Crippen molar-refractivity contribution in [3.63, 3.8) is 0 Å². The number of carbonyl (C=O) groups excluding carboxylic acids is 1. The number of hydrogen-bond acceptors (Lipinski definition) is 5. The highest BCUT2D eigenvalue weighted by Crippen LogP contribution is 2.29. The van der Waals surface area contributed by atoms with E-state index in [2.05, 4.69) is 0 Å². The zero-order chi connectivity index (χ0) is 14.7. The third-order valence-electron chi connectivity index (χ3n) is 3.94. The Labute approximate surface area is 124 Å². The van der Waals surface area contributed by atoms with Crippen LogP contribution in [0.3, 0.4) is 0 Å². The molecule has 0 N–H and O–H groups in total. The van der Waals surface area contributed by atoms with E-state index in [1.54, 1.807) is 7.11 Å². The Morgan fingerprint density at radius 1 is 1.19 bits per heavy atom. The molecule has 1 aromatic rings. The standard InChI is InChI=1S/C16H20O5/c1-18-12-4-2-11(3-5-12)9-19-10-13-6-7-14-15(20-13)8-16(17)21-14/h2-5,13-15H,6-10H2,1H3/t13-,14+,15+/m1/s1. The molecule has 0 aromatic heterocycles. The number of benzene rings is 1. The molecule has 0 amide bonds. The van der Waals surface area contributed by atoms with Crippen LogP contribution in [0.1, 0.15) is 24.8 Å². The SMILES string of the molecule is COc1ccc(COC[C@H]2CC[C@@H]3OC(=O)C[C@@H]3O2)cc1. The van der Waals surface area contributed by atoms with E-state index in [0.29, 0.717) is 19.6 Å². The van der Waals surface area contributed by atoms with E-state index < -0.39 is 0 Å². The topological polar surface area (TPSA) is 54.0 Å². The maximum atomic E-state index is 11.2. The molecule has 0 spiro atoms. The van der Waals surface area contributed by atoms with Crippen molar-refractivity contribution in [1.82, 2.24) is 0 Å². The van der Waals surface area contributed by atoms with Crippen LogP contribution in [0.4, 0.5) is 0 Å². The average Bonchev–Trinajstić information content (AvgIpc) is 2.87. The highest BCUT2D eigenvalue weighted by molar-refractivity contribution is 5.72. The van der Waals surface area contributed by atoms with Crippen LogP contribution < -0.4 is 4.74 Å². The third-order valence-corrected chi connectivity index (χ3v) is 3.94. The summed E-state index contributed by atoms with van der Waals surface area (Å²) in [5.41, 5.74) is 1.10. The van der Waals surface area contributed by atoms with Crippen LogP contribution in [-0.2, 0) is 25.6 Å². The molecular weight excluding hydrogens is 272 g/mol. The van der Waals surface area contributed by atoms with E-state index in [9.17, 15) is 4.79 Å². The minimum atomic E-state index is -0.148. The Bertz CT molecular complexity index is 484. The fourth-order valence-corrected chi connectivity index (χ4v) is 2.79. The van der Waals surface area contributed by atoms with Crippen molar-refractivity contribution < 1.29 is 23.7 Å². The molecule has 5 nitrogen and oxygen atoms in total. The van der Waals surface area contributed by atoms with Gasteiger partial charge in [-0.2, -0.15) is 0 Å². The first-order chi connectivity index (χ1) is 10.2. The number of rotatable bonds is 5. The van der Waals surface area contributed by atoms with Gasteiger partial charge in [-0.15, -0.1) is 0 Å². The van der Waals surface area contributed by atoms with Gasteiger partial charge in [0.25, 0.3) is 0 Å². The van der Waals surface area contributed by atoms with Crippen LogP contribution in [0.15, 0.2) is 24.3 Å². The smallest absolute Gasteiger partial charge is 0.308 e. The lowest BCUT2D eigenvalue weighted by Crippen LogP contribution is -2.37. The van der Waals surface area contributed by atoms with Gasteiger partial charge in [0, 0.05) is 0 Å². The Hall–Kier alpha value is -1.59. The minimum absolute atomic E-state index is 0.0460. The zero-order valence-electron chi connectivity index (χ0n) is 12.1. The normalized spacial score (nSPS) is 28.0. The molecule has 5 heteroatoms. The largest absolute Gasteiger partial charge is 0.497 e. The summed E-state index contributed by atoms with van der Waals surface area (Å²) < 4.78 is 21.9. The highest BCUT2D eigenvalue weighted by Gasteiger charge is 2.40. The Kier molecular flexibility index (Phi) is 4.41. The summed E-state index contributed by atoms with van der Waals surface area (Å²) in [5.74, 6) is 0.691. The molecule has 0 radical (unpaired) electrons. The molecule has 2 fully saturated rings. The quantitative estimate of drug-likeness (QED) is 0.778. The molecule has 0 unspecified atom stereocenters. The first-order valence-corrected chi connectivity index (χ1v) is 7.30. The summed E-state index contributed by atoms with van der Waals surface area (Å²) >= 11 is 0. The molecule has 2 aliphatic heterocycles. The lowest BCUT2D eigenvalue weighted by Gasteiger charge is -2.30. The lowest BCUT2D eigenvalue weighted by atomic mass is 10.0. The van der Waals surface area contributed by atoms with E-state index in [4.69, 9.17) is 18.9 Å². The van der Waals surface area contributed by atoms with Crippen LogP contribution in [0, 0.1) is 0 Å². The van der Waals surface area contributed by atoms with Crippen LogP contribution >= 0.6 is 0 Å². The molecule has 2 heterocycles. The third kappa shape index (κ3) is 3.54. The van der Waals surface area contributed by atoms with Gasteiger partial charge < -0.3 is 18.9 Å². The summed E-state index contributed by atoms with van der Waals surface area (Å²) in [7, 11) is 1.65. The number of hydrogen-bond donors (Lipinski definition) is 0. The number of methoxy groups -OCH3 is 1. The second-order valence-corrected chi connectivity index (χ2v) is 5.47. The van der Waals surface area contributed by atoms with Crippen molar-refractivity contribution >= 4 is 5.97 Å². The summed E-state index contributed by atoms with van der Waals surface area (Å²) in [5, 5.41) is 0. The monoisotopic (exact) mass is 292 g/mol. The maximum absolute atomic E-state index is 11.2. The van der Waals surface area contributed by atoms with Gasteiger partial charge in [-0.1, -0.05) is 12.1 Å². The van der Waals surface area contributed by atoms with Gasteiger partial charge in [-0.05, 0) is 30.5 Å². The minimum Gasteiger partial charge on any atom is -0.497 e. The van der Waals surface area contributed by atoms with E-state index in [1.807, 2.05) is 24.3 Å². The summed E-state index contributed by atoms with van der Waals surface area (Å²) in [6, 6.07) is 7.81. The second-order valence-electron chi connectivity index (χ2n) is 5.47. The maximum Gasteiger partial charge on any atom is 0.308 e. The average molecular weight is 292 g/mol. The van der Waals surface area contributed by atoms with Crippen molar-refractivity contribution in [2.75, 3.05) is 13.7 Å². The molecule has 0 bridgehead atoms. The fraction of sp³-hybridized carbons (Fsp3) is 0.562. The first-order valence-electron chi connectivity index (χ1n) is 7.30. The van der Waals surface area contributed by atoms with E-state index >= 15 is 0 Å². The molecule has 3 rings (SSSR count). The van der Waals surface area contributed by atoms with Gasteiger partial charge in [-0.25, -0.2) is 0 Å². The molecule has 21 heavy (non-hydrogen) atoms. The van der Waals surface area contributed by atoms with Gasteiger partial charge in [0.2, 0.25) is 0 Å². The first kappa shape index (κ1) is 14.4. The van der Waals surface area contributed by atoms with E-state index in [1.165, 1.54) is 0 Å². The molecule has 3 atom stereocenters. The lowest BCUT2D eigenvalue weighted by molar-refractivity contribution is -0.147. The Morgan fingerprint density at radius 2 is 2.00 bits per heavy atom. The van der Waals surface area contributed by atoms with Crippen molar-refractivity contribution in [1.29, 1.82) is 0 Å². The van der Waals surface area contributed by atoms with E-state index in [0.717, 1.165) is 24.2 Å². The molecule has 1 aromatic carbocycles. The van der Waals surface area contributed by atoms with E-state index in [-0.39, 0.29) is 24.3 Å². The fourth-order valence-electron chi connectivity index (χ4n) is 2.79.